The van der Waals surface area contributed by atoms with E-state index in [9.17, 15) is 0 Å². The van der Waals surface area contributed by atoms with Gasteiger partial charge in [0.05, 0.1) is 0 Å². The summed E-state index contributed by atoms with van der Waals surface area (Å²) >= 11 is 0. The molecular formula is C13H28. The molecule has 0 heteroatoms. The highest BCUT2D eigenvalue weighted by Crippen LogP contribution is 2.35. The van der Waals surface area contributed by atoms with Crippen molar-refractivity contribution in [2.45, 2.75) is 67.2 Å². The van der Waals surface area contributed by atoms with E-state index in [0.29, 0.717) is 5.41 Å². The minimum atomic E-state index is 0.530. The Balaban J connectivity index is 4.04. The SMILES string of the molecule is CCC(CC)CC(C)C(C)(C)CC. The molecular weight excluding hydrogens is 156 g/mol. The molecule has 0 rings (SSSR count). The van der Waals surface area contributed by atoms with Crippen LogP contribution < -0.4 is 0 Å². The Hall–Kier alpha value is 0. The molecule has 0 amide bonds. The van der Waals surface area contributed by atoms with E-state index in [1.165, 1.54) is 25.7 Å². The van der Waals surface area contributed by atoms with Gasteiger partial charge in [-0.05, 0) is 23.7 Å². The fourth-order valence-electron chi connectivity index (χ4n) is 1.79. The van der Waals surface area contributed by atoms with Crippen LogP contribution >= 0.6 is 0 Å². The van der Waals surface area contributed by atoms with E-state index in [4.69, 9.17) is 0 Å². The van der Waals surface area contributed by atoms with Gasteiger partial charge in [0.15, 0.2) is 0 Å². The van der Waals surface area contributed by atoms with E-state index in [1.807, 2.05) is 0 Å². The fraction of sp³-hybridized carbons (Fsp3) is 1.00. The van der Waals surface area contributed by atoms with Crippen molar-refractivity contribution in [3.8, 4) is 0 Å². The summed E-state index contributed by atoms with van der Waals surface area (Å²) in [6.07, 6.45) is 5.41. The first-order valence-electron chi connectivity index (χ1n) is 5.97. The van der Waals surface area contributed by atoms with Crippen molar-refractivity contribution < 1.29 is 0 Å². The largest absolute Gasteiger partial charge is 0.0651 e. The first kappa shape index (κ1) is 13.0. The van der Waals surface area contributed by atoms with Gasteiger partial charge in [-0.2, -0.15) is 0 Å². The predicted molar refractivity (Wildman–Crippen MR) is 61.9 cm³/mol. The lowest BCUT2D eigenvalue weighted by atomic mass is 9.73. The van der Waals surface area contributed by atoms with Gasteiger partial charge in [-0.3, -0.25) is 0 Å². The second kappa shape index (κ2) is 5.67. The molecule has 0 saturated heterocycles. The van der Waals surface area contributed by atoms with Crippen LogP contribution in [-0.2, 0) is 0 Å². The van der Waals surface area contributed by atoms with E-state index < -0.39 is 0 Å². The van der Waals surface area contributed by atoms with Gasteiger partial charge in [-0.1, -0.05) is 60.8 Å². The molecule has 1 atom stereocenters. The summed E-state index contributed by atoms with van der Waals surface area (Å²) in [4.78, 5) is 0. The van der Waals surface area contributed by atoms with Crippen molar-refractivity contribution in [3.63, 3.8) is 0 Å². The summed E-state index contributed by atoms with van der Waals surface area (Å²) in [6.45, 7) is 14.2. The molecule has 0 bridgehead atoms. The van der Waals surface area contributed by atoms with Crippen molar-refractivity contribution in [1.82, 2.24) is 0 Å². The Morgan fingerprint density at radius 3 is 1.77 bits per heavy atom. The Morgan fingerprint density at radius 2 is 1.46 bits per heavy atom. The highest BCUT2D eigenvalue weighted by Gasteiger charge is 2.25. The Bertz CT molecular complexity index is 120. The van der Waals surface area contributed by atoms with Crippen LogP contribution in [0.4, 0.5) is 0 Å². The summed E-state index contributed by atoms with van der Waals surface area (Å²) in [6, 6.07) is 0. The molecule has 13 heavy (non-hydrogen) atoms. The maximum atomic E-state index is 2.42. The molecule has 0 spiro atoms. The van der Waals surface area contributed by atoms with Crippen LogP contribution in [0.3, 0.4) is 0 Å². The molecule has 0 nitrogen and oxygen atoms in total. The number of rotatable bonds is 6. The molecule has 0 aromatic heterocycles. The zero-order chi connectivity index (χ0) is 10.5. The standard InChI is InChI=1S/C13H28/c1-7-12(8-2)10-11(4)13(5,6)9-3/h11-12H,7-10H2,1-6H3. The van der Waals surface area contributed by atoms with Gasteiger partial charge in [-0.25, -0.2) is 0 Å². The van der Waals surface area contributed by atoms with E-state index in [-0.39, 0.29) is 0 Å². The van der Waals surface area contributed by atoms with Crippen molar-refractivity contribution in [2.75, 3.05) is 0 Å². The quantitative estimate of drug-likeness (QED) is 0.551. The maximum Gasteiger partial charge on any atom is -0.0331 e. The lowest BCUT2D eigenvalue weighted by Crippen LogP contribution is -2.22. The van der Waals surface area contributed by atoms with Crippen LogP contribution in [0.15, 0.2) is 0 Å². The average Bonchev–Trinajstić information content (AvgIpc) is 2.13. The Kier molecular flexibility index (Phi) is 5.67. The van der Waals surface area contributed by atoms with Gasteiger partial charge >= 0.3 is 0 Å². The first-order chi connectivity index (χ1) is 5.97. The smallest absolute Gasteiger partial charge is 0.0331 e. The monoisotopic (exact) mass is 184 g/mol. The Morgan fingerprint density at radius 1 is 1.00 bits per heavy atom. The molecule has 80 valence electrons. The van der Waals surface area contributed by atoms with Crippen molar-refractivity contribution >= 4 is 0 Å². The van der Waals surface area contributed by atoms with Crippen LogP contribution in [0, 0.1) is 17.3 Å². The molecule has 0 fully saturated rings. The Labute approximate surface area is 85.1 Å². The third-order valence-electron chi connectivity index (χ3n) is 4.09. The third-order valence-corrected chi connectivity index (χ3v) is 4.09. The second-order valence-electron chi connectivity index (χ2n) is 5.16. The minimum Gasteiger partial charge on any atom is -0.0651 e. The lowest BCUT2D eigenvalue weighted by Gasteiger charge is -2.33. The molecule has 0 heterocycles. The van der Waals surface area contributed by atoms with Gasteiger partial charge in [0.2, 0.25) is 0 Å². The van der Waals surface area contributed by atoms with Gasteiger partial charge in [0.1, 0.15) is 0 Å². The predicted octanol–water partition coefficient (Wildman–Crippen LogP) is 4.89. The average molecular weight is 184 g/mol. The summed E-state index contributed by atoms with van der Waals surface area (Å²) in [5.74, 6) is 1.81. The van der Waals surface area contributed by atoms with Crippen LogP contribution in [0.1, 0.15) is 67.2 Å². The van der Waals surface area contributed by atoms with Crippen LogP contribution in [-0.4, -0.2) is 0 Å². The molecule has 0 saturated carbocycles. The maximum absolute atomic E-state index is 2.42. The molecule has 1 unspecified atom stereocenters. The van der Waals surface area contributed by atoms with Crippen molar-refractivity contribution in [2.24, 2.45) is 17.3 Å². The molecule has 0 N–H and O–H groups in total. The lowest BCUT2D eigenvalue weighted by molar-refractivity contribution is 0.180. The summed E-state index contributed by atoms with van der Waals surface area (Å²) in [7, 11) is 0. The van der Waals surface area contributed by atoms with Gasteiger partial charge in [-0.15, -0.1) is 0 Å². The number of hydrogen-bond donors (Lipinski definition) is 0. The van der Waals surface area contributed by atoms with Gasteiger partial charge in [0, 0.05) is 0 Å². The van der Waals surface area contributed by atoms with Crippen molar-refractivity contribution in [1.29, 1.82) is 0 Å². The van der Waals surface area contributed by atoms with Gasteiger partial charge in [0.25, 0.3) is 0 Å². The third kappa shape index (κ3) is 4.15. The highest BCUT2D eigenvalue weighted by molar-refractivity contribution is 4.75. The summed E-state index contributed by atoms with van der Waals surface area (Å²) in [5, 5.41) is 0. The molecule has 0 aromatic rings. The van der Waals surface area contributed by atoms with E-state index in [1.54, 1.807) is 0 Å². The highest BCUT2D eigenvalue weighted by atomic mass is 14.3. The van der Waals surface area contributed by atoms with Crippen LogP contribution in [0.2, 0.25) is 0 Å². The van der Waals surface area contributed by atoms with E-state index in [0.717, 1.165) is 11.8 Å². The van der Waals surface area contributed by atoms with E-state index in [2.05, 4.69) is 41.5 Å². The van der Waals surface area contributed by atoms with E-state index >= 15 is 0 Å². The van der Waals surface area contributed by atoms with Crippen LogP contribution in [0.25, 0.3) is 0 Å². The summed E-state index contributed by atoms with van der Waals surface area (Å²) < 4.78 is 0. The van der Waals surface area contributed by atoms with Crippen molar-refractivity contribution in [3.05, 3.63) is 0 Å². The normalized spacial score (nSPS) is 15.0. The number of hydrogen-bond acceptors (Lipinski definition) is 0. The molecule has 0 radical (unpaired) electrons. The second-order valence-corrected chi connectivity index (χ2v) is 5.16. The fourth-order valence-corrected chi connectivity index (χ4v) is 1.79. The molecule has 0 aromatic carbocycles. The topological polar surface area (TPSA) is 0 Å². The van der Waals surface area contributed by atoms with Gasteiger partial charge < -0.3 is 0 Å². The minimum absolute atomic E-state index is 0.530. The molecule has 0 aliphatic heterocycles. The summed E-state index contributed by atoms with van der Waals surface area (Å²) in [5.41, 5.74) is 0.530. The zero-order valence-electron chi connectivity index (χ0n) is 10.5. The molecule has 0 aliphatic carbocycles. The van der Waals surface area contributed by atoms with Crippen LogP contribution in [0.5, 0.6) is 0 Å². The molecule has 0 aliphatic rings. The zero-order valence-corrected chi connectivity index (χ0v) is 10.5. The first-order valence-corrected chi connectivity index (χ1v) is 5.97.